The van der Waals surface area contributed by atoms with Crippen LogP contribution in [0.15, 0.2) is 42.5 Å². The smallest absolute Gasteiger partial charge is 0.313 e. The van der Waals surface area contributed by atoms with Crippen LogP contribution < -0.4 is 10.6 Å². The summed E-state index contributed by atoms with van der Waals surface area (Å²) in [6.45, 7) is 0.153. The number of amides is 2. The maximum atomic E-state index is 11.8. The molecule has 0 spiro atoms. The third kappa shape index (κ3) is 4.37. The van der Waals surface area contributed by atoms with E-state index in [0.29, 0.717) is 15.7 Å². The van der Waals surface area contributed by atoms with Gasteiger partial charge < -0.3 is 10.6 Å². The largest absolute Gasteiger partial charge is 0.344 e. The van der Waals surface area contributed by atoms with Crippen molar-refractivity contribution in [1.29, 1.82) is 0 Å². The van der Waals surface area contributed by atoms with Gasteiger partial charge >= 0.3 is 11.8 Å². The minimum Gasteiger partial charge on any atom is -0.344 e. The summed E-state index contributed by atoms with van der Waals surface area (Å²) in [7, 11) is 0. The maximum Gasteiger partial charge on any atom is 0.313 e. The number of halogens is 3. The van der Waals surface area contributed by atoms with E-state index in [1.54, 1.807) is 30.3 Å². The molecule has 0 aromatic heterocycles. The van der Waals surface area contributed by atoms with Gasteiger partial charge in [-0.2, -0.15) is 0 Å². The molecule has 0 atom stereocenters. The van der Waals surface area contributed by atoms with Crippen LogP contribution in [0.1, 0.15) is 5.56 Å². The second kappa shape index (κ2) is 7.49. The summed E-state index contributed by atoms with van der Waals surface area (Å²) in [5.41, 5.74) is 1.03. The first-order valence-corrected chi connectivity index (χ1v) is 7.38. The lowest BCUT2D eigenvalue weighted by atomic mass is 10.2. The number of carbonyl (C=O) groups excluding carboxylic acids is 2. The fraction of sp³-hybridized carbons (Fsp3) is 0.0667. The van der Waals surface area contributed by atoms with Gasteiger partial charge in [0.05, 0.1) is 10.7 Å². The van der Waals surface area contributed by atoms with Crippen molar-refractivity contribution in [3.63, 3.8) is 0 Å². The predicted molar refractivity (Wildman–Crippen MR) is 88.4 cm³/mol. The molecule has 0 bridgehead atoms. The number of benzene rings is 2. The number of carbonyl (C=O) groups is 2. The first-order chi connectivity index (χ1) is 10.5. The molecular weight excluding hydrogens is 347 g/mol. The SMILES string of the molecule is O=C(NCc1ccccc1Cl)C(=O)Nc1ccc(Cl)cc1Cl. The van der Waals surface area contributed by atoms with Gasteiger partial charge in [0.1, 0.15) is 0 Å². The van der Waals surface area contributed by atoms with Crippen LogP contribution in [0.2, 0.25) is 15.1 Å². The summed E-state index contributed by atoms with van der Waals surface area (Å²) in [6.07, 6.45) is 0. The van der Waals surface area contributed by atoms with E-state index in [2.05, 4.69) is 10.6 Å². The lowest BCUT2D eigenvalue weighted by molar-refractivity contribution is -0.136. The molecule has 0 aliphatic rings. The summed E-state index contributed by atoms with van der Waals surface area (Å²) in [5, 5.41) is 6.10. The Morgan fingerprint density at radius 2 is 1.64 bits per heavy atom. The highest BCUT2D eigenvalue weighted by Gasteiger charge is 2.15. The van der Waals surface area contributed by atoms with E-state index in [1.807, 2.05) is 0 Å². The lowest BCUT2D eigenvalue weighted by Gasteiger charge is -2.09. The van der Waals surface area contributed by atoms with Gasteiger partial charge in [-0.25, -0.2) is 0 Å². The minimum atomic E-state index is -0.823. The molecule has 0 saturated heterocycles. The van der Waals surface area contributed by atoms with Crippen molar-refractivity contribution in [2.24, 2.45) is 0 Å². The second-order valence-corrected chi connectivity index (χ2v) is 5.60. The molecule has 0 aliphatic heterocycles. The lowest BCUT2D eigenvalue weighted by Crippen LogP contribution is -2.35. The topological polar surface area (TPSA) is 58.2 Å². The standard InChI is InChI=1S/C15H11Cl3N2O2/c16-10-5-6-13(12(18)7-10)20-15(22)14(21)19-8-9-3-1-2-4-11(9)17/h1-7H,8H2,(H,19,21)(H,20,22). The molecule has 4 nitrogen and oxygen atoms in total. The van der Waals surface area contributed by atoms with Crippen molar-refractivity contribution in [3.8, 4) is 0 Å². The molecule has 2 aromatic rings. The molecule has 2 amide bonds. The van der Waals surface area contributed by atoms with Crippen molar-refractivity contribution in [3.05, 3.63) is 63.1 Å². The molecule has 0 heterocycles. The Balaban J connectivity index is 1.95. The van der Waals surface area contributed by atoms with Crippen LogP contribution in [0.25, 0.3) is 0 Å². The van der Waals surface area contributed by atoms with Gasteiger partial charge in [-0.3, -0.25) is 9.59 Å². The van der Waals surface area contributed by atoms with Crippen molar-refractivity contribution in [1.82, 2.24) is 5.32 Å². The molecule has 0 fully saturated rings. The fourth-order valence-electron chi connectivity index (χ4n) is 1.67. The highest BCUT2D eigenvalue weighted by atomic mass is 35.5. The first-order valence-electron chi connectivity index (χ1n) is 6.25. The Labute approximate surface area is 142 Å². The highest BCUT2D eigenvalue weighted by molar-refractivity contribution is 6.42. The number of anilines is 1. The van der Waals surface area contributed by atoms with Gasteiger partial charge in [0.25, 0.3) is 0 Å². The minimum absolute atomic E-state index is 0.153. The summed E-state index contributed by atoms with van der Waals surface area (Å²) in [4.78, 5) is 23.6. The maximum absolute atomic E-state index is 11.8. The van der Waals surface area contributed by atoms with Crippen LogP contribution >= 0.6 is 34.8 Å². The zero-order valence-corrected chi connectivity index (χ0v) is 13.5. The Morgan fingerprint density at radius 1 is 0.909 bits per heavy atom. The fourth-order valence-corrected chi connectivity index (χ4v) is 2.33. The molecule has 22 heavy (non-hydrogen) atoms. The van der Waals surface area contributed by atoms with Crippen molar-refractivity contribution in [2.75, 3.05) is 5.32 Å². The average Bonchev–Trinajstić information content (AvgIpc) is 2.49. The Hall–Kier alpha value is -1.75. The monoisotopic (exact) mass is 356 g/mol. The summed E-state index contributed by atoms with van der Waals surface area (Å²) in [5.74, 6) is -1.61. The number of rotatable bonds is 3. The zero-order chi connectivity index (χ0) is 16.1. The van der Waals surface area contributed by atoms with Gasteiger partial charge in [0.2, 0.25) is 0 Å². The van der Waals surface area contributed by atoms with E-state index in [0.717, 1.165) is 5.56 Å². The van der Waals surface area contributed by atoms with Crippen LogP contribution in [0.5, 0.6) is 0 Å². The van der Waals surface area contributed by atoms with E-state index in [1.165, 1.54) is 12.1 Å². The third-order valence-electron chi connectivity index (χ3n) is 2.78. The van der Waals surface area contributed by atoms with Crippen LogP contribution in [0.4, 0.5) is 5.69 Å². The van der Waals surface area contributed by atoms with Gasteiger partial charge in [0.15, 0.2) is 0 Å². The molecule has 2 N–H and O–H groups in total. The summed E-state index contributed by atoms with van der Waals surface area (Å²) >= 11 is 17.7. The van der Waals surface area contributed by atoms with Crippen molar-refractivity contribution >= 4 is 52.3 Å². The van der Waals surface area contributed by atoms with E-state index in [-0.39, 0.29) is 11.6 Å². The molecule has 7 heteroatoms. The van der Waals surface area contributed by atoms with Crippen LogP contribution in [-0.2, 0) is 16.1 Å². The summed E-state index contributed by atoms with van der Waals surface area (Å²) in [6, 6.07) is 11.6. The van der Waals surface area contributed by atoms with E-state index < -0.39 is 11.8 Å². The normalized spacial score (nSPS) is 10.1. The molecule has 0 radical (unpaired) electrons. The summed E-state index contributed by atoms with van der Waals surface area (Å²) < 4.78 is 0. The van der Waals surface area contributed by atoms with Crippen LogP contribution in [0.3, 0.4) is 0 Å². The Morgan fingerprint density at radius 3 is 2.32 bits per heavy atom. The number of hydrogen-bond acceptors (Lipinski definition) is 2. The van der Waals surface area contributed by atoms with Crippen LogP contribution in [-0.4, -0.2) is 11.8 Å². The molecular formula is C15H11Cl3N2O2. The van der Waals surface area contributed by atoms with Crippen LogP contribution in [0, 0.1) is 0 Å². The quantitative estimate of drug-likeness (QED) is 0.819. The van der Waals surface area contributed by atoms with E-state index in [4.69, 9.17) is 34.8 Å². The van der Waals surface area contributed by atoms with E-state index >= 15 is 0 Å². The molecule has 2 rings (SSSR count). The molecule has 0 aliphatic carbocycles. The highest BCUT2D eigenvalue weighted by Crippen LogP contribution is 2.25. The average molecular weight is 358 g/mol. The number of nitrogens with one attached hydrogen (secondary N) is 2. The third-order valence-corrected chi connectivity index (χ3v) is 3.70. The Bertz CT molecular complexity index is 720. The molecule has 0 saturated carbocycles. The second-order valence-electron chi connectivity index (χ2n) is 4.35. The van der Waals surface area contributed by atoms with Gasteiger partial charge in [-0.1, -0.05) is 53.0 Å². The number of hydrogen-bond donors (Lipinski definition) is 2. The molecule has 2 aromatic carbocycles. The molecule has 114 valence electrons. The van der Waals surface area contributed by atoms with Crippen molar-refractivity contribution < 1.29 is 9.59 Å². The van der Waals surface area contributed by atoms with E-state index in [9.17, 15) is 9.59 Å². The van der Waals surface area contributed by atoms with Gasteiger partial charge in [-0.15, -0.1) is 0 Å². The van der Waals surface area contributed by atoms with Gasteiger partial charge in [-0.05, 0) is 29.8 Å². The molecule has 0 unspecified atom stereocenters. The Kier molecular flexibility index (Phi) is 5.66. The van der Waals surface area contributed by atoms with Gasteiger partial charge in [0, 0.05) is 16.6 Å². The predicted octanol–water partition coefficient (Wildman–Crippen LogP) is 3.90. The van der Waals surface area contributed by atoms with Crippen molar-refractivity contribution in [2.45, 2.75) is 6.54 Å². The zero-order valence-electron chi connectivity index (χ0n) is 11.2. The first kappa shape index (κ1) is 16.6.